The van der Waals surface area contributed by atoms with E-state index in [9.17, 15) is 21.6 Å². The van der Waals surface area contributed by atoms with Crippen LogP contribution in [0.3, 0.4) is 0 Å². The van der Waals surface area contributed by atoms with E-state index in [2.05, 4.69) is 0 Å². The smallest absolute Gasteiger partial charge is 0.304 e. The summed E-state index contributed by atoms with van der Waals surface area (Å²) in [4.78, 5) is 10.5. The van der Waals surface area contributed by atoms with Gasteiger partial charge in [0.25, 0.3) is 0 Å². The van der Waals surface area contributed by atoms with Gasteiger partial charge < -0.3 is 5.11 Å². The number of hydrogen-bond donors (Lipinski definition) is 1. The molecule has 0 saturated heterocycles. The quantitative estimate of drug-likeness (QED) is 0.749. The molecule has 0 aliphatic heterocycles. The molecule has 0 radical (unpaired) electrons. The van der Waals surface area contributed by atoms with Crippen LogP contribution in [0.15, 0.2) is 34.1 Å². The van der Waals surface area contributed by atoms with Crippen LogP contribution in [0.4, 0.5) is 0 Å². The molecule has 1 N–H and O–H groups in total. The summed E-state index contributed by atoms with van der Waals surface area (Å²) in [7, 11) is -5.96. The molecule has 1 aromatic carbocycles. The predicted molar refractivity (Wildman–Crippen MR) is 80.9 cm³/mol. The minimum absolute atomic E-state index is 0.00237. The second-order valence-electron chi connectivity index (χ2n) is 4.76. The minimum atomic E-state index is -3.83. The first-order valence-electron chi connectivity index (χ1n) is 6.62. The van der Waals surface area contributed by atoms with Gasteiger partial charge >= 0.3 is 5.97 Å². The first kappa shape index (κ1) is 18.6. The van der Waals surface area contributed by atoms with Crippen LogP contribution in [0.2, 0.25) is 0 Å². The van der Waals surface area contributed by atoms with Crippen molar-refractivity contribution in [3.8, 4) is 0 Å². The molecule has 0 aromatic heterocycles. The van der Waals surface area contributed by atoms with Gasteiger partial charge in [0.2, 0.25) is 10.0 Å². The maximum atomic E-state index is 12.2. The summed E-state index contributed by atoms with van der Waals surface area (Å²) in [5.74, 6) is -1.10. The molecular formula is C13H19NO6S2. The highest BCUT2D eigenvalue weighted by molar-refractivity contribution is 7.91. The molecule has 9 heteroatoms. The van der Waals surface area contributed by atoms with Crippen LogP contribution in [-0.4, -0.2) is 51.6 Å². The number of sulfonamides is 1. The van der Waals surface area contributed by atoms with E-state index in [1.165, 1.54) is 31.3 Å². The summed E-state index contributed by atoms with van der Waals surface area (Å²) in [5.41, 5.74) is 0. The summed E-state index contributed by atoms with van der Waals surface area (Å²) >= 11 is 0. The number of carboxylic acid groups (broad SMARTS) is 1. The molecule has 0 saturated carbocycles. The number of rotatable bonds is 8. The summed E-state index contributed by atoms with van der Waals surface area (Å²) in [6.45, 7) is 1.58. The van der Waals surface area contributed by atoms with Crippen molar-refractivity contribution >= 4 is 25.8 Å². The zero-order valence-electron chi connectivity index (χ0n) is 12.4. The van der Waals surface area contributed by atoms with Crippen molar-refractivity contribution in [2.24, 2.45) is 0 Å². The predicted octanol–water partition coefficient (Wildman–Crippen LogP) is 0.966. The highest BCUT2D eigenvalue weighted by atomic mass is 32.2. The third-order valence-electron chi connectivity index (χ3n) is 3.00. The first-order valence-corrected chi connectivity index (χ1v) is 9.71. The van der Waals surface area contributed by atoms with E-state index in [1.54, 1.807) is 6.92 Å². The second kappa shape index (κ2) is 7.21. The van der Waals surface area contributed by atoms with E-state index in [4.69, 9.17) is 5.11 Å². The van der Waals surface area contributed by atoms with Crippen molar-refractivity contribution in [2.45, 2.75) is 29.6 Å². The van der Waals surface area contributed by atoms with Crippen LogP contribution in [0.5, 0.6) is 0 Å². The highest BCUT2D eigenvalue weighted by Crippen LogP contribution is 2.19. The Morgan fingerprint density at radius 3 is 2.05 bits per heavy atom. The summed E-state index contributed by atoms with van der Waals surface area (Å²) in [5, 5.41) is 8.59. The first-order chi connectivity index (χ1) is 10.1. The lowest BCUT2D eigenvalue weighted by molar-refractivity contribution is -0.137. The number of carbonyl (C=O) groups is 1. The van der Waals surface area contributed by atoms with Crippen LogP contribution in [0.25, 0.3) is 0 Å². The lowest BCUT2D eigenvalue weighted by Gasteiger charge is -2.16. The molecule has 0 unspecified atom stereocenters. The third-order valence-corrected chi connectivity index (χ3v) is 6.81. The maximum Gasteiger partial charge on any atom is 0.304 e. The monoisotopic (exact) mass is 349 g/mol. The zero-order chi connectivity index (χ0) is 17.0. The molecule has 0 fully saturated rings. The Bertz CT molecular complexity index is 722. The third kappa shape index (κ3) is 4.52. The lowest BCUT2D eigenvalue weighted by Crippen LogP contribution is -2.29. The molecule has 0 aliphatic carbocycles. The molecule has 22 heavy (non-hydrogen) atoms. The molecule has 0 heterocycles. The highest BCUT2D eigenvalue weighted by Gasteiger charge is 2.22. The van der Waals surface area contributed by atoms with Crippen molar-refractivity contribution < 1.29 is 26.7 Å². The van der Waals surface area contributed by atoms with Gasteiger partial charge in [0, 0.05) is 13.6 Å². The second-order valence-corrected chi connectivity index (χ2v) is 8.91. The average molecular weight is 349 g/mol. The van der Waals surface area contributed by atoms with Crippen molar-refractivity contribution in [1.29, 1.82) is 0 Å². The Labute approximate surface area is 130 Å². The fourth-order valence-corrected chi connectivity index (χ4v) is 4.25. The maximum absolute atomic E-state index is 12.2. The molecule has 0 bridgehead atoms. The van der Waals surface area contributed by atoms with Gasteiger partial charge in [-0.2, -0.15) is 0 Å². The van der Waals surface area contributed by atoms with Gasteiger partial charge in [-0.05, 0) is 30.7 Å². The number of sulfone groups is 1. The molecule has 124 valence electrons. The van der Waals surface area contributed by atoms with Gasteiger partial charge in [0.1, 0.15) is 0 Å². The van der Waals surface area contributed by atoms with Crippen LogP contribution >= 0.6 is 0 Å². The molecule has 0 amide bonds. The topological polar surface area (TPSA) is 109 Å². The molecule has 0 spiro atoms. The van der Waals surface area contributed by atoms with Gasteiger partial charge in [-0.25, -0.2) is 21.1 Å². The molecule has 1 rings (SSSR count). The van der Waals surface area contributed by atoms with Crippen LogP contribution in [0, 0.1) is 0 Å². The Hall–Kier alpha value is -1.45. The Morgan fingerprint density at radius 1 is 1.09 bits per heavy atom. The van der Waals surface area contributed by atoms with Crippen molar-refractivity contribution in [1.82, 2.24) is 4.31 Å². The molecule has 7 nitrogen and oxygen atoms in total. The van der Waals surface area contributed by atoms with Crippen LogP contribution in [0.1, 0.15) is 19.8 Å². The summed E-state index contributed by atoms with van der Waals surface area (Å²) < 4.78 is 49.1. The summed E-state index contributed by atoms with van der Waals surface area (Å²) in [6.07, 6.45) is 0.166. The van der Waals surface area contributed by atoms with Gasteiger partial charge in [-0.15, -0.1) is 0 Å². The Kier molecular flexibility index (Phi) is 6.09. The summed E-state index contributed by atoms with van der Waals surface area (Å²) in [6, 6.07) is 4.94. The molecule has 0 aliphatic rings. The standard InChI is InChI=1S/C13H19NO6S2/c1-3-10-21(17,18)11-4-6-12(7-5-11)22(19,20)14(2)9-8-13(15)16/h4-7H,3,8-10H2,1-2H3,(H,15,16). The van der Waals surface area contributed by atoms with Gasteiger partial charge in [0.15, 0.2) is 9.84 Å². The van der Waals surface area contributed by atoms with E-state index in [0.29, 0.717) is 6.42 Å². The lowest BCUT2D eigenvalue weighted by atomic mass is 10.4. The zero-order valence-corrected chi connectivity index (χ0v) is 14.0. The Balaban J connectivity index is 3.01. The van der Waals surface area contributed by atoms with Gasteiger partial charge in [-0.1, -0.05) is 6.92 Å². The minimum Gasteiger partial charge on any atom is -0.481 e. The van der Waals surface area contributed by atoms with Crippen molar-refractivity contribution in [3.63, 3.8) is 0 Å². The molecule has 0 atom stereocenters. The van der Waals surface area contributed by atoms with Crippen molar-refractivity contribution in [3.05, 3.63) is 24.3 Å². The van der Waals surface area contributed by atoms with Gasteiger partial charge in [-0.3, -0.25) is 4.79 Å². The van der Waals surface area contributed by atoms with Crippen molar-refractivity contribution in [2.75, 3.05) is 19.3 Å². The molecule has 1 aromatic rings. The van der Waals surface area contributed by atoms with Crippen LogP contribution in [-0.2, 0) is 24.7 Å². The molecular weight excluding hydrogens is 330 g/mol. The van der Waals surface area contributed by atoms with Crippen LogP contribution < -0.4 is 0 Å². The normalized spacial score (nSPS) is 12.5. The number of benzene rings is 1. The fraction of sp³-hybridized carbons (Fsp3) is 0.462. The van der Waals surface area contributed by atoms with E-state index in [1.807, 2.05) is 0 Å². The van der Waals surface area contributed by atoms with E-state index in [-0.39, 0.29) is 28.5 Å². The number of carboxylic acids is 1. The van der Waals surface area contributed by atoms with Gasteiger partial charge in [0.05, 0.1) is 22.0 Å². The average Bonchev–Trinajstić information content (AvgIpc) is 2.44. The number of hydrogen-bond acceptors (Lipinski definition) is 5. The Morgan fingerprint density at radius 2 is 1.59 bits per heavy atom. The SMILES string of the molecule is CCCS(=O)(=O)c1ccc(S(=O)(=O)N(C)CCC(=O)O)cc1. The number of nitrogens with zero attached hydrogens (tertiary/aromatic N) is 1. The number of aliphatic carboxylic acids is 1. The fourth-order valence-electron chi connectivity index (χ4n) is 1.76. The largest absolute Gasteiger partial charge is 0.481 e. The van der Waals surface area contributed by atoms with E-state index >= 15 is 0 Å². The van der Waals surface area contributed by atoms with E-state index < -0.39 is 25.8 Å². The van der Waals surface area contributed by atoms with E-state index in [0.717, 1.165) is 4.31 Å².